The fraction of sp³-hybridized carbons (Fsp3) is 0.471. The average Bonchev–Trinajstić information content (AvgIpc) is 3.02. The highest BCUT2D eigenvalue weighted by Crippen LogP contribution is 2.24. The predicted molar refractivity (Wildman–Crippen MR) is 94.2 cm³/mol. The molecule has 2 N–H and O–H groups in total. The quantitative estimate of drug-likeness (QED) is 0.853. The van der Waals surface area contributed by atoms with E-state index in [2.05, 4.69) is 25.4 Å². The number of aromatic amines is 1. The molecule has 0 unspecified atom stereocenters. The van der Waals surface area contributed by atoms with Gasteiger partial charge in [0, 0.05) is 30.5 Å². The molecule has 1 saturated heterocycles. The highest BCUT2D eigenvalue weighted by atomic mass is 35.5. The highest BCUT2D eigenvalue weighted by Gasteiger charge is 2.24. The Morgan fingerprint density at radius 3 is 3.08 bits per heavy atom. The third-order valence-electron chi connectivity index (χ3n) is 4.35. The van der Waals surface area contributed by atoms with Crippen LogP contribution >= 0.6 is 11.6 Å². The molecule has 1 fully saturated rings. The Hall–Kier alpha value is -1.99. The van der Waals surface area contributed by atoms with Crippen molar-refractivity contribution in [3.63, 3.8) is 0 Å². The Morgan fingerprint density at radius 1 is 1.52 bits per heavy atom. The van der Waals surface area contributed by atoms with E-state index in [1.165, 1.54) is 12.1 Å². The molecule has 25 heavy (non-hydrogen) atoms. The summed E-state index contributed by atoms with van der Waals surface area (Å²) in [6.45, 7) is 4.29. The van der Waals surface area contributed by atoms with E-state index in [4.69, 9.17) is 11.6 Å². The molecule has 1 amide bonds. The number of rotatable bonds is 5. The molecular weight excluding hydrogens is 345 g/mol. The third kappa shape index (κ3) is 4.76. The Kier molecular flexibility index (Phi) is 5.65. The van der Waals surface area contributed by atoms with Crippen molar-refractivity contribution in [1.29, 1.82) is 0 Å². The lowest BCUT2D eigenvalue weighted by Gasteiger charge is -2.31. The number of hydrogen-bond donors (Lipinski definition) is 2. The van der Waals surface area contributed by atoms with Gasteiger partial charge >= 0.3 is 0 Å². The van der Waals surface area contributed by atoms with Gasteiger partial charge in [-0.15, -0.1) is 0 Å². The van der Waals surface area contributed by atoms with Crippen LogP contribution in [0.4, 0.5) is 10.1 Å². The molecule has 0 spiro atoms. The van der Waals surface area contributed by atoms with Crippen LogP contribution < -0.4 is 5.32 Å². The summed E-state index contributed by atoms with van der Waals surface area (Å²) in [7, 11) is 0. The van der Waals surface area contributed by atoms with E-state index in [9.17, 15) is 9.18 Å². The number of anilines is 1. The van der Waals surface area contributed by atoms with Gasteiger partial charge in [0.25, 0.3) is 0 Å². The first-order valence-electron chi connectivity index (χ1n) is 8.37. The summed E-state index contributed by atoms with van der Waals surface area (Å²) in [5.41, 5.74) is 0.155. The molecule has 0 saturated carbocycles. The molecule has 0 aliphatic carbocycles. The smallest absolute Gasteiger partial charge is 0.225 e. The van der Waals surface area contributed by atoms with E-state index < -0.39 is 5.82 Å². The zero-order valence-electron chi connectivity index (χ0n) is 14.1. The van der Waals surface area contributed by atoms with Crippen LogP contribution in [-0.2, 0) is 4.79 Å². The number of benzene rings is 1. The number of halogens is 2. The van der Waals surface area contributed by atoms with Crippen molar-refractivity contribution < 1.29 is 9.18 Å². The zero-order chi connectivity index (χ0) is 17.8. The molecule has 3 rings (SSSR count). The summed E-state index contributed by atoms with van der Waals surface area (Å²) in [6.07, 6.45) is 2.41. The molecule has 1 atom stereocenters. The van der Waals surface area contributed by atoms with E-state index in [1.54, 1.807) is 6.07 Å². The molecule has 2 heterocycles. The second-order valence-electron chi connectivity index (χ2n) is 6.34. The molecule has 8 heteroatoms. The van der Waals surface area contributed by atoms with Crippen molar-refractivity contribution in [2.45, 2.75) is 32.1 Å². The highest BCUT2D eigenvalue weighted by molar-refractivity contribution is 6.30. The number of nitrogens with zero attached hydrogens (tertiary/aromatic N) is 3. The second-order valence-corrected chi connectivity index (χ2v) is 6.78. The molecule has 0 bridgehead atoms. The maximum atomic E-state index is 13.7. The van der Waals surface area contributed by atoms with Gasteiger partial charge in [0.2, 0.25) is 5.91 Å². The maximum absolute atomic E-state index is 13.7. The van der Waals surface area contributed by atoms with E-state index in [-0.39, 0.29) is 17.5 Å². The fourth-order valence-electron chi connectivity index (χ4n) is 3.08. The van der Waals surface area contributed by atoms with E-state index in [0.29, 0.717) is 18.0 Å². The van der Waals surface area contributed by atoms with Gasteiger partial charge in [-0.3, -0.25) is 9.89 Å². The number of hydrogen-bond acceptors (Lipinski definition) is 4. The Bertz CT molecular complexity index is 750. The van der Waals surface area contributed by atoms with Crippen LogP contribution in [0.3, 0.4) is 0 Å². The predicted octanol–water partition coefficient (Wildman–Crippen LogP) is 3.11. The summed E-state index contributed by atoms with van der Waals surface area (Å²) in [5, 5.41) is 10.0. The van der Waals surface area contributed by atoms with Crippen molar-refractivity contribution in [3.8, 4) is 0 Å². The minimum atomic E-state index is -0.529. The van der Waals surface area contributed by atoms with Gasteiger partial charge in [0.1, 0.15) is 11.6 Å². The van der Waals surface area contributed by atoms with E-state index >= 15 is 0 Å². The molecule has 1 aliphatic heterocycles. The third-order valence-corrected chi connectivity index (χ3v) is 4.58. The Morgan fingerprint density at radius 2 is 2.36 bits per heavy atom. The summed E-state index contributed by atoms with van der Waals surface area (Å²) in [6, 6.07) is 4.21. The van der Waals surface area contributed by atoms with Crippen molar-refractivity contribution in [2.75, 3.05) is 25.0 Å². The van der Waals surface area contributed by atoms with Gasteiger partial charge in [0.15, 0.2) is 5.82 Å². The lowest BCUT2D eigenvalue weighted by molar-refractivity contribution is -0.116. The summed E-state index contributed by atoms with van der Waals surface area (Å²) in [5.74, 6) is 1.21. The van der Waals surface area contributed by atoms with Crippen LogP contribution in [0.25, 0.3) is 0 Å². The molecule has 0 radical (unpaired) electrons. The Labute approximate surface area is 150 Å². The number of piperidine rings is 1. The van der Waals surface area contributed by atoms with Gasteiger partial charge in [-0.2, -0.15) is 5.10 Å². The maximum Gasteiger partial charge on any atom is 0.225 e. The molecule has 1 aromatic carbocycles. The number of aryl methyl sites for hydroxylation is 1. The monoisotopic (exact) mass is 365 g/mol. The first-order chi connectivity index (χ1) is 12.0. The van der Waals surface area contributed by atoms with Crippen LogP contribution in [0.1, 0.15) is 36.8 Å². The van der Waals surface area contributed by atoms with Gasteiger partial charge < -0.3 is 10.2 Å². The van der Waals surface area contributed by atoms with Crippen LogP contribution in [0, 0.1) is 12.7 Å². The summed E-state index contributed by atoms with van der Waals surface area (Å²) in [4.78, 5) is 18.7. The van der Waals surface area contributed by atoms with Crippen LogP contribution in [0.5, 0.6) is 0 Å². The molecular formula is C17H21ClFN5O. The standard InChI is InChI=1S/C17H21ClFN5O/c1-11-20-17(23-22-11)12-3-2-7-24(10-12)8-6-16(25)21-15-5-4-13(18)9-14(15)19/h4-5,9,12H,2-3,6-8,10H2,1H3,(H,21,25)(H,20,22,23)/t12-/m0/s1. The second kappa shape index (κ2) is 7.93. The number of H-pyrrole nitrogens is 1. The average molecular weight is 366 g/mol. The van der Waals surface area contributed by atoms with Gasteiger partial charge in [-0.25, -0.2) is 9.37 Å². The lowest BCUT2D eigenvalue weighted by atomic mass is 9.97. The Balaban J connectivity index is 1.50. The number of amides is 1. The number of nitrogens with one attached hydrogen (secondary N) is 2. The van der Waals surface area contributed by atoms with Crippen molar-refractivity contribution in [3.05, 3.63) is 40.7 Å². The van der Waals surface area contributed by atoms with Crippen LogP contribution in [0.2, 0.25) is 5.02 Å². The summed E-state index contributed by atoms with van der Waals surface area (Å²) < 4.78 is 13.7. The van der Waals surface area contributed by atoms with Crippen molar-refractivity contribution >= 4 is 23.2 Å². The molecule has 134 valence electrons. The number of carbonyl (C=O) groups is 1. The SMILES string of the molecule is Cc1nc([C@H]2CCCN(CCC(=O)Nc3ccc(Cl)cc3F)C2)n[nH]1. The van der Waals surface area contributed by atoms with Gasteiger partial charge in [-0.05, 0) is 44.5 Å². The van der Waals surface area contributed by atoms with Gasteiger partial charge in [-0.1, -0.05) is 11.6 Å². The van der Waals surface area contributed by atoms with E-state index in [1.807, 2.05) is 6.92 Å². The first-order valence-corrected chi connectivity index (χ1v) is 8.75. The van der Waals surface area contributed by atoms with Crippen LogP contribution in [0.15, 0.2) is 18.2 Å². The van der Waals surface area contributed by atoms with Crippen LogP contribution in [-0.4, -0.2) is 45.6 Å². The number of likely N-dealkylation sites (tertiary alicyclic amines) is 1. The van der Waals surface area contributed by atoms with E-state index in [0.717, 1.165) is 37.6 Å². The first kappa shape index (κ1) is 17.8. The van der Waals surface area contributed by atoms with Crippen molar-refractivity contribution in [2.24, 2.45) is 0 Å². The van der Waals surface area contributed by atoms with Gasteiger partial charge in [0.05, 0.1) is 5.69 Å². The number of aromatic nitrogens is 3. The normalized spacial score (nSPS) is 18.3. The molecule has 1 aromatic heterocycles. The molecule has 6 nitrogen and oxygen atoms in total. The summed E-state index contributed by atoms with van der Waals surface area (Å²) >= 11 is 5.71. The largest absolute Gasteiger partial charge is 0.324 e. The zero-order valence-corrected chi connectivity index (χ0v) is 14.8. The van der Waals surface area contributed by atoms with Crippen molar-refractivity contribution in [1.82, 2.24) is 20.1 Å². The molecule has 2 aromatic rings. The number of carbonyl (C=O) groups excluding carboxylic acids is 1. The topological polar surface area (TPSA) is 73.9 Å². The lowest BCUT2D eigenvalue weighted by Crippen LogP contribution is -2.36. The minimum absolute atomic E-state index is 0.155. The molecule has 1 aliphatic rings. The fourth-order valence-corrected chi connectivity index (χ4v) is 3.23. The minimum Gasteiger partial charge on any atom is -0.324 e.